The predicted molar refractivity (Wildman–Crippen MR) is 58.9 cm³/mol. The molecule has 1 rings (SSSR count). The summed E-state index contributed by atoms with van der Waals surface area (Å²) in [6.07, 6.45) is 6.16. The van der Waals surface area contributed by atoms with E-state index in [4.69, 9.17) is 11.6 Å². The van der Waals surface area contributed by atoms with Gasteiger partial charge in [-0.15, -0.1) is 11.6 Å². The van der Waals surface area contributed by atoms with Crippen LogP contribution in [0.4, 0.5) is 0 Å². The van der Waals surface area contributed by atoms with Gasteiger partial charge in [-0.2, -0.15) is 0 Å². The summed E-state index contributed by atoms with van der Waals surface area (Å²) in [6, 6.07) is 0.122. The lowest BCUT2D eigenvalue weighted by Crippen LogP contribution is -2.32. The third-order valence-electron chi connectivity index (χ3n) is 1.97. The zero-order valence-electron chi connectivity index (χ0n) is 8.61. The fraction of sp³-hybridized carbons (Fsp3) is 0.500. The molecule has 0 aliphatic rings. The van der Waals surface area contributed by atoms with E-state index in [1.807, 2.05) is 6.92 Å². The molecule has 15 heavy (non-hydrogen) atoms. The molecular weight excluding hydrogens is 214 g/mol. The lowest BCUT2D eigenvalue weighted by atomic mass is 10.2. The van der Waals surface area contributed by atoms with Crippen molar-refractivity contribution in [3.63, 3.8) is 0 Å². The minimum atomic E-state index is -0.141. The largest absolute Gasteiger partial charge is 0.349 e. The highest BCUT2D eigenvalue weighted by molar-refractivity contribution is 6.17. The Bertz CT molecular complexity index is 305. The average Bonchev–Trinajstić information content (AvgIpc) is 2.27. The molecule has 1 atom stereocenters. The van der Waals surface area contributed by atoms with Gasteiger partial charge in [0.05, 0.1) is 5.56 Å². The van der Waals surface area contributed by atoms with Crippen molar-refractivity contribution in [2.24, 2.45) is 0 Å². The van der Waals surface area contributed by atoms with Crippen LogP contribution in [-0.4, -0.2) is 27.8 Å². The summed E-state index contributed by atoms with van der Waals surface area (Å²) < 4.78 is 0. The van der Waals surface area contributed by atoms with Gasteiger partial charge < -0.3 is 5.32 Å². The molecule has 1 amide bonds. The maximum Gasteiger partial charge on any atom is 0.254 e. The number of rotatable bonds is 5. The van der Waals surface area contributed by atoms with Crippen molar-refractivity contribution in [3.8, 4) is 0 Å². The molecule has 5 heteroatoms. The van der Waals surface area contributed by atoms with Crippen LogP contribution in [-0.2, 0) is 0 Å². The number of nitrogens with zero attached hydrogens (tertiary/aromatic N) is 2. The number of halogens is 1. The molecule has 0 bridgehead atoms. The SMILES string of the molecule is CC(CCCCl)NC(=O)c1cncnc1. The minimum absolute atomic E-state index is 0.122. The van der Waals surface area contributed by atoms with Crippen LogP contribution in [0.25, 0.3) is 0 Å². The van der Waals surface area contributed by atoms with E-state index >= 15 is 0 Å². The summed E-state index contributed by atoms with van der Waals surface area (Å²) in [5, 5.41) is 2.85. The molecule has 0 fully saturated rings. The first kappa shape index (κ1) is 11.9. The molecule has 1 aromatic rings. The van der Waals surface area contributed by atoms with E-state index in [-0.39, 0.29) is 11.9 Å². The van der Waals surface area contributed by atoms with Crippen LogP contribution in [0, 0.1) is 0 Å². The Morgan fingerprint density at radius 3 is 2.80 bits per heavy atom. The van der Waals surface area contributed by atoms with Crippen molar-refractivity contribution < 1.29 is 4.79 Å². The quantitative estimate of drug-likeness (QED) is 0.778. The third-order valence-corrected chi connectivity index (χ3v) is 2.24. The third kappa shape index (κ3) is 4.25. The van der Waals surface area contributed by atoms with Gasteiger partial charge in [-0.05, 0) is 19.8 Å². The highest BCUT2D eigenvalue weighted by atomic mass is 35.5. The second-order valence-electron chi connectivity index (χ2n) is 3.33. The summed E-state index contributed by atoms with van der Waals surface area (Å²) in [5.41, 5.74) is 0.482. The van der Waals surface area contributed by atoms with E-state index in [2.05, 4.69) is 15.3 Å². The van der Waals surface area contributed by atoms with Gasteiger partial charge in [0.1, 0.15) is 6.33 Å². The van der Waals surface area contributed by atoms with Crippen molar-refractivity contribution in [3.05, 3.63) is 24.3 Å². The Hall–Kier alpha value is -1.16. The Labute approximate surface area is 94.1 Å². The average molecular weight is 228 g/mol. The van der Waals surface area contributed by atoms with Gasteiger partial charge >= 0.3 is 0 Å². The van der Waals surface area contributed by atoms with Crippen LogP contribution in [0.2, 0.25) is 0 Å². The molecular formula is C10H14ClN3O. The normalized spacial score (nSPS) is 12.1. The van der Waals surface area contributed by atoms with Gasteiger partial charge in [0.15, 0.2) is 0 Å². The molecule has 0 aliphatic heterocycles. The lowest BCUT2D eigenvalue weighted by Gasteiger charge is -2.12. The molecule has 1 aromatic heterocycles. The number of nitrogens with one attached hydrogen (secondary N) is 1. The predicted octanol–water partition coefficient (Wildman–Crippen LogP) is 1.61. The highest BCUT2D eigenvalue weighted by Gasteiger charge is 2.09. The number of hydrogen-bond acceptors (Lipinski definition) is 3. The molecule has 1 N–H and O–H groups in total. The molecule has 1 unspecified atom stereocenters. The molecule has 4 nitrogen and oxygen atoms in total. The fourth-order valence-corrected chi connectivity index (χ4v) is 1.33. The Morgan fingerprint density at radius 1 is 1.53 bits per heavy atom. The zero-order valence-corrected chi connectivity index (χ0v) is 9.37. The Kier molecular flexibility index (Phi) is 5.04. The van der Waals surface area contributed by atoms with Gasteiger partial charge in [-0.25, -0.2) is 9.97 Å². The van der Waals surface area contributed by atoms with E-state index in [1.54, 1.807) is 0 Å². The molecule has 0 spiro atoms. The van der Waals surface area contributed by atoms with Crippen molar-refractivity contribution in [1.29, 1.82) is 0 Å². The molecule has 0 aliphatic carbocycles. The molecule has 0 radical (unpaired) electrons. The molecule has 0 saturated carbocycles. The maximum atomic E-state index is 11.6. The summed E-state index contributed by atoms with van der Waals surface area (Å²) >= 11 is 5.57. The summed E-state index contributed by atoms with van der Waals surface area (Å²) in [5.74, 6) is 0.479. The van der Waals surface area contributed by atoms with Gasteiger partial charge in [-0.1, -0.05) is 0 Å². The number of amides is 1. The van der Waals surface area contributed by atoms with Crippen molar-refractivity contribution >= 4 is 17.5 Å². The van der Waals surface area contributed by atoms with E-state index in [0.717, 1.165) is 12.8 Å². The summed E-state index contributed by atoms with van der Waals surface area (Å²) in [4.78, 5) is 19.2. The number of aromatic nitrogens is 2. The first-order valence-electron chi connectivity index (χ1n) is 4.86. The van der Waals surface area contributed by atoms with Crippen LogP contribution in [0.5, 0.6) is 0 Å². The number of carbonyl (C=O) groups excluding carboxylic acids is 1. The van der Waals surface area contributed by atoms with E-state index < -0.39 is 0 Å². The van der Waals surface area contributed by atoms with Crippen molar-refractivity contribution in [1.82, 2.24) is 15.3 Å². The monoisotopic (exact) mass is 227 g/mol. The molecule has 0 saturated heterocycles. The fourth-order valence-electron chi connectivity index (χ4n) is 1.18. The molecule has 82 valence electrons. The van der Waals surface area contributed by atoms with Crippen LogP contribution < -0.4 is 5.32 Å². The standard InChI is InChI=1S/C10H14ClN3O/c1-8(3-2-4-11)14-10(15)9-5-12-7-13-6-9/h5-8H,2-4H2,1H3,(H,14,15). The minimum Gasteiger partial charge on any atom is -0.349 e. The zero-order chi connectivity index (χ0) is 11.1. The van der Waals surface area contributed by atoms with Gasteiger partial charge in [0.2, 0.25) is 0 Å². The lowest BCUT2D eigenvalue weighted by molar-refractivity contribution is 0.0937. The van der Waals surface area contributed by atoms with Gasteiger partial charge in [0, 0.05) is 24.3 Å². The van der Waals surface area contributed by atoms with Crippen molar-refractivity contribution in [2.75, 3.05) is 5.88 Å². The first-order chi connectivity index (χ1) is 7.24. The van der Waals surface area contributed by atoms with E-state index in [0.29, 0.717) is 11.4 Å². The highest BCUT2D eigenvalue weighted by Crippen LogP contribution is 2.00. The summed E-state index contributed by atoms with van der Waals surface area (Å²) in [6.45, 7) is 1.95. The number of alkyl halides is 1. The number of hydrogen-bond donors (Lipinski definition) is 1. The van der Waals surface area contributed by atoms with Crippen molar-refractivity contribution in [2.45, 2.75) is 25.8 Å². The van der Waals surface area contributed by atoms with Crippen LogP contribution in [0.15, 0.2) is 18.7 Å². The molecule has 1 heterocycles. The maximum absolute atomic E-state index is 11.6. The smallest absolute Gasteiger partial charge is 0.254 e. The second kappa shape index (κ2) is 6.35. The topological polar surface area (TPSA) is 54.9 Å². The Balaban J connectivity index is 2.42. The van der Waals surface area contributed by atoms with Crippen LogP contribution >= 0.6 is 11.6 Å². The van der Waals surface area contributed by atoms with Crippen LogP contribution in [0.1, 0.15) is 30.1 Å². The van der Waals surface area contributed by atoms with Crippen LogP contribution in [0.3, 0.4) is 0 Å². The van der Waals surface area contributed by atoms with E-state index in [9.17, 15) is 4.79 Å². The second-order valence-corrected chi connectivity index (χ2v) is 3.71. The van der Waals surface area contributed by atoms with Gasteiger partial charge in [0.25, 0.3) is 5.91 Å². The van der Waals surface area contributed by atoms with Gasteiger partial charge in [-0.3, -0.25) is 4.79 Å². The molecule has 0 aromatic carbocycles. The van der Waals surface area contributed by atoms with E-state index in [1.165, 1.54) is 18.7 Å². The number of carbonyl (C=O) groups is 1. The first-order valence-corrected chi connectivity index (χ1v) is 5.39. The summed E-state index contributed by atoms with van der Waals surface area (Å²) in [7, 11) is 0. The Morgan fingerprint density at radius 2 is 2.20 bits per heavy atom.